The van der Waals surface area contributed by atoms with Gasteiger partial charge in [0.05, 0.1) is 13.2 Å². The molecule has 0 heterocycles. The second-order valence-electron chi connectivity index (χ2n) is 7.84. The van der Waals surface area contributed by atoms with Gasteiger partial charge in [0.15, 0.2) is 5.79 Å². The second-order valence-corrected chi connectivity index (χ2v) is 7.84. The molecule has 0 aromatic carbocycles. The first-order chi connectivity index (χ1) is 13.7. The number of carbonyl (C=O) groups is 2. The van der Waals surface area contributed by atoms with Gasteiger partial charge in [-0.3, -0.25) is 4.79 Å². The fourth-order valence-electron chi connectivity index (χ4n) is 3.76. The molecule has 0 aromatic rings. The fraction of sp³-hybridized carbons (Fsp3) is 0.909. The van der Waals surface area contributed by atoms with Crippen molar-refractivity contribution in [2.75, 3.05) is 26.3 Å². The minimum atomic E-state index is -0.490. The van der Waals surface area contributed by atoms with Crippen molar-refractivity contribution in [3.8, 4) is 0 Å². The van der Waals surface area contributed by atoms with Crippen LogP contribution in [0.5, 0.6) is 0 Å². The molecule has 6 heteroatoms. The molecule has 0 radical (unpaired) electrons. The zero-order valence-electron chi connectivity index (χ0n) is 17.7. The van der Waals surface area contributed by atoms with E-state index >= 15 is 0 Å². The number of nitrogens with one attached hydrogen (secondary N) is 1. The Morgan fingerprint density at radius 3 is 2.14 bits per heavy atom. The van der Waals surface area contributed by atoms with Crippen LogP contribution in [0.25, 0.3) is 0 Å². The third kappa shape index (κ3) is 12.5. The first-order valence-electron chi connectivity index (χ1n) is 11.4. The van der Waals surface area contributed by atoms with E-state index in [4.69, 9.17) is 15.2 Å². The summed E-state index contributed by atoms with van der Waals surface area (Å²) >= 11 is 0. The van der Waals surface area contributed by atoms with Gasteiger partial charge in [-0.05, 0) is 25.7 Å². The van der Waals surface area contributed by atoms with E-state index in [1.807, 2.05) is 0 Å². The van der Waals surface area contributed by atoms with Gasteiger partial charge in [0, 0.05) is 38.8 Å². The van der Waals surface area contributed by atoms with Crippen LogP contribution in [-0.4, -0.2) is 44.3 Å². The van der Waals surface area contributed by atoms with Gasteiger partial charge in [-0.2, -0.15) is 0 Å². The number of ether oxygens (including phenoxy) is 2. The highest BCUT2D eigenvalue weighted by Crippen LogP contribution is 2.32. The molecule has 1 amide bonds. The summed E-state index contributed by atoms with van der Waals surface area (Å²) in [7, 11) is 0. The molecule has 6 nitrogen and oxygen atoms in total. The van der Waals surface area contributed by atoms with E-state index in [0.29, 0.717) is 39.1 Å². The third-order valence-corrected chi connectivity index (χ3v) is 5.36. The summed E-state index contributed by atoms with van der Waals surface area (Å²) in [5.74, 6) is -0.381. The van der Waals surface area contributed by atoms with Crippen molar-refractivity contribution in [3.63, 3.8) is 0 Å². The van der Waals surface area contributed by atoms with Gasteiger partial charge in [-0.15, -0.1) is 0 Å². The average molecular weight is 399 g/mol. The molecule has 0 bridgehead atoms. The maximum Gasteiger partial charge on any atom is 0.220 e. The Morgan fingerprint density at radius 1 is 0.893 bits per heavy atom. The first-order valence-corrected chi connectivity index (χ1v) is 11.4. The number of amides is 1. The molecule has 1 saturated carbocycles. The van der Waals surface area contributed by atoms with Crippen LogP contribution >= 0.6 is 0 Å². The SMILES string of the molecule is NCCOC1(OCCNC(=O)CCCCCCCCCCC=O)CCCCC1. The molecular formula is C22H42N2O4. The van der Waals surface area contributed by atoms with Crippen LogP contribution in [0.15, 0.2) is 0 Å². The van der Waals surface area contributed by atoms with Crippen LogP contribution in [0, 0.1) is 0 Å². The van der Waals surface area contributed by atoms with Gasteiger partial charge in [0.1, 0.15) is 6.29 Å². The van der Waals surface area contributed by atoms with Gasteiger partial charge in [0.25, 0.3) is 0 Å². The number of hydrogen-bond donors (Lipinski definition) is 2. The van der Waals surface area contributed by atoms with Gasteiger partial charge in [-0.25, -0.2) is 0 Å². The zero-order chi connectivity index (χ0) is 20.3. The number of hydrogen-bond acceptors (Lipinski definition) is 5. The van der Waals surface area contributed by atoms with Gasteiger partial charge < -0.3 is 25.3 Å². The summed E-state index contributed by atoms with van der Waals surface area (Å²) in [5.41, 5.74) is 5.56. The van der Waals surface area contributed by atoms with E-state index in [1.54, 1.807) is 0 Å². The standard InChI is InChI=1S/C22H42N2O4/c23-16-19-27-22(14-10-8-11-15-22)28-20-17-24-21(26)13-9-6-4-2-1-3-5-7-12-18-25/h18H,1-17,19-20,23H2,(H,24,26). The molecule has 0 atom stereocenters. The summed E-state index contributed by atoms with van der Waals surface area (Å²) in [6, 6.07) is 0. The van der Waals surface area contributed by atoms with E-state index in [9.17, 15) is 9.59 Å². The number of nitrogens with two attached hydrogens (primary N) is 1. The molecule has 3 N–H and O–H groups in total. The minimum absolute atomic E-state index is 0.109. The van der Waals surface area contributed by atoms with E-state index in [-0.39, 0.29) is 5.91 Å². The molecule has 0 saturated heterocycles. The lowest BCUT2D eigenvalue weighted by atomic mass is 9.94. The van der Waals surface area contributed by atoms with Crippen molar-refractivity contribution in [1.82, 2.24) is 5.32 Å². The molecule has 0 spiro atoms. The van der Waals surface area contributed by atoms with Crippen LogP contribution in [0.4, 0.5) is 0 Å². The van der Waals surface area contributed by atoms with Gasteiger partial charge in [-0.1, -0.05) is 44.9 Å². The van der Waals surface area contributed by atoms with Gasteiger partial charge >= 0.3 is 0 Å². The Balaban J connectivity index is 1.97. The van der Waals surface area contributed by atoms with E-state index in [2.05, 4.69) is 5.32 Å². The minimum Gasteiger partial charge on any atom is -0.354 e. The second kappa shape index (κ2) is 16.9. The molecule has 164 valence electrons. The smallest absolute Gasteiger partial charge is 0.220 e. The number of carbonyl (C=O) groups excluding carboxylic acids is 2. The van der Waals surface area contributed by atoms with Crippen molar-refractivity contribution in [2.45, 2.75) is 102 Å². The monoisotopic (exact) mass is 398 g/mol. The summed E-state index contributed by atoms with van der Waals surface area (Å²) in [6.07, 6.45) is 16.7. The number of aldehydes is 1. The molecule has 1 fully saturated rings. The van der Waals surface area contributed by atoms with Crippen LogP contribution in [0.1, 0.15) is 96.3 Å². The van der Waals surface area contributed by atoms with Crippen LogP contribution < -0.4 is 11.1 Å². The summed E-state index contributed by atoms with van der Waals surface area (Å²) < 4.78 is 11.9. The Kier molecular flexibility index (Phi) is 15.1. The van der Waals surface area contributed by atoms with E-state index in [0.717, 1.165) is 57.7 Å². The predicted octanol–water partition coefficient (Wildman–Crippen LogP) is 3.85. The highest BCUT2D eigenvalue weighted by Gasteiger charge is 2.33. The molecule has 28 heavy (non-hydrogen) atoms. The topological polar surface area (TPSA) is 90.7 Å². The molecule has 0 unspecified atom stereocenters. The van der Waals surface area contributed by atoms with Crippen LogP contribution in [0.3, 0.4) is 0 Å². The largest absolute Gasteiger partial charge is 0.354 e. The van der Waals surface area contributed by atoms with Gasteiger partial charge in [0.2, 0.25) is 5.91 Å². The Morgan fingerprint density at radius 2 is 1.50 bits per heavy atom. The van der Waals surface area contributed by atoms with Crippen LogP contribution in [0.2, 0.25) is 0 Å². The quantitative estimate of drug-likeness (QED) is 0.208. The maximum absolute atomic E-state index is 11.9. The number of rotatable bonds is 18. The van der Waals surface area contributed by atoms with E-state index < -0.39 is 5.79 Å². The average Bonchev–Trinajstić information content (AvgIpc) is 2.72. The summed E-state index contributed by atoms with van der Waals surface area (Å²) in [5, 5.41) is 2.95. The predicted molar refractivity (Wildman–Crippen MR) is 112 cm³/mol. The van der Waals surface area contributed by atoms with Crippen molar-refractivity contribution < 1.29 is 19.1 Å². The number of unbranched alkanes of at least 4 members (excludes halogenated alkanes) is 8. The van der Waals surface area contributed by atoms with Crippen LogP contribution in [-0.2, 0) is 19.1 Å². The molecule has 0 aliphatic heterocycles. The zero-order valence-corrected chi connectivity index (χ0v) is 17.7. The lowest BCUT2D eigenvalue weighted by Gasteiger charge is -2.37. The lowest BCUT2D eigenvalue weighted by molar-refractivity contribution is -0.250. The highest BCUT2D eigenvalue weighted by molar-refractivity contribution is 5.75. The fourth-order valence-corrected chi connectivity index (χ4v) is 3.76. The van der Waals surface area contributed by atoms with Crippen molar-refractivity contribution >= 4 is 12.2 Å². The maximum atomic E-state index is 11.9. The Bertz CT molecular complexity index is 398. The lowest BCUT2D eigenvalue weighted by Crippen LogP contribution is -2.41. The Hall–Kier alpha value is -0.980. The molecule has 1 aliphatic rings. The Labute approximate surface area is 171 Å². The van der Waals surface area contributed by atoms with Crippen molar-refractivity contribution in [2.24, 2.45) is 5.73 Å². The van der Waals surface area contributed by atoms with E-state index in [1.165, 1.54) is 32.1 Å². The molecule has 1 aliphatic carbocycles. The highest BCUT2D eigenvalue weighted by atomic mass is 16.7. The molecular weight excluding hydrogens is 356 g/mol. The van der Waals surface area contributed by atoms with Crippen molar-refractivity contribution in [3.05, 3.63) is 0 Å². The molecule has 1 rings (SSSR count). The first kappa shape index (κ1) is 25.1. The third-order valence-electron chi connectivity index (χ3n) is 5.36. The molecule has 0 aromatic heterocycles. The normalized spacial score (nSPS) is 16.0. The summed E-state index contributed by atoms with van der Waals surface area (Å²) in [4.78, 5) is 22.2. The summed E-state index contributed by atoms with van der Waals surface area (Å²) in [6.45, 7) is 2.04. The van der Waals surface area contributed by atoms with Crippen molar-refractivity contribution in [1.29, 1.82) is 0 Å².